The third-order valence-corrected chi connectivity index (χ3v) is 6.62. The Balaban J connectivity index is 1.62. The Labute approximate surface area is 144 Å². The van der Waals surface area contributed by atoms with Gasteiger partial charge in [-0.3, -0.25) is 4.79 Å². The van der Waals surface area contributed by atoms with Crippen LogP contribution in [0.1, 0.15) is 46.5 Å². The fraction of sp³-hybridized carbons (Fsp3) is 0.842. The van der Waals surface area contributed by atoms with Gasteiger partial charge in [0.25, 0.3) is 0 Å². The van der Waals surface area contributed by atoms with E-state index in [9.17, 15) is 15.0 Å². The quantitative estimate of drug-likeness (QED) is 0.593. The molecule has 2 N–H and O–H groups in total. The molecule has 0 aromatic heterocycles. The second-order valence-corrected chi connectivity index (χ2v) is 8.37. The highest BCUT2D eigenvalue weighted by Gasteiger charge is 2.53. The van der Waals surface area contributed by atoms with Crippen molar-refractivity contribution in [2.45, 2.75) is 64.8 Å². The zero-order chi connectivity index (χ0) is 17.5. The lowest BCUT2D eigenvalue weighted by atomic mass is 9.51. The lowest BCUT2D eigenvalue weighted by Crippen LogP contribution is -2.49. The Morgan fingerprint density at radius 2 is 2.12 bits per heavy atom. The van der Waals surface area contributed by atoms with Crippen molar-refractivity contribution < 1.29 is 24.5 Å². The lowest BCUT2D eigenvalue weighted by Gasteiger charge is -2.53. The lowest BCUT2D eigenvalue weighted by molar-refractivity contribution is -0.164. The summed E-state index contributed by atoms with van der Waals surface area (Å²) in [5, 5.41) is 19.9. The van der Waals surface area contributed by atoms with Gasteiger partial charge < -0.3 is 19.7 Å². The Hall–Kier alpha value is -0.910. The number of carbonyl (C=O) groups excluding carboxylic acids is 1. The van der Waals surface area contributed by atoms with Crippen molar-refractivity contribution in [2.75, 3.05) is 13.2 Å². The number of rotatable bonds is 5. The first kappa shape index (κ1) is 17.9. The SMILES string of the molecule is CC(C)C12C=CC(C)(CC1)C(C(=O)OCC(O)C1OCCC1O)C2. The number of esters is 1. The van der Waals surface area contributed by atoms with Gasteiger partial charge in [0.05, 0.1) is 12.0 Å². The highest BCUT2D eigenvalue weighted by atomic mass is 16.6. The van der Waals surface area contributed by atoms with E-state index < -0.39 is 18.3 Å². The molecule has 1 saturated carbocycles. The van der Waals surface area contributed by atoms with Crippen molar-refractivity contribution in [3.63, 3.8) is 0 Å². The summed E-state index contributed by atoms with van der Waals surface area (Å²) in [6.45, 7) is 6.86. The van der Waals surface area contributed by atoms with Crippen molar-refractivity contribution in [2.24, 2.45) is 22.7 Å². The van der Waals surface area contributed by atoms with Gasteiger partial charge in [0.15, 0.2) is 0 Å². The van der Waals surface area contributed by atoms with Crippen LogP contribution in [0.3, 0.4) is 0 Å². The third-order valence-electron chi connectivity index (χ3n) is 6.62. The molecule has 136 valence electrons. The smallest absolute Gasteiger partial charge is 0.309 e. The molecule has 2 fully saturated rings. The Morgan fingerprint density at radius 3 is 2.67 bits per heavy atom. The van der Waals surface area contributed by atoms with Crippen LogP contribution in [-0.2, 0) is 14.3 Å². The zero-order valence-corrected chi connectivity index (χ0v) is 14.9. The van der Waals surface area contributed by atoms with Gasteiger partial charge in [-0.05, 0) is 42.4 Å². The van der Waals surface area contributed by atoms with Gasteiger partial charge in [-0.1, -0.05) is 32.9 Å². The van der Waals surface area contributed by atoms with Gasteiger partial charge >= 0.3 is 5.97 Å². The van der Waals surface area contributed by atoms with Crippen LogP contribution >= 0.6 is 0 Å². The van der Waals surface area contributed by atoms with Crippen LogP contribution < -0.4 is 0 Å². The minimum atomic E-state index is -0.977. The molecule has 4 rings (SSSR count). The first-order valence-electron chi connectivity index (χ1n) is 9.12. The van der Waals surface area contributed by atoms with E-state index in [0.29, 0.717) is 18.9 Å². The van der Waals surface area contributed by atoms with Crippen molar-refractivity contribution in [1.29, 1.82) is 0 Å². The number of aliphatic hydroxyl groups excluding tert-OH is 2. The van der Waals surface area contributed by atoms with E-state index >= 15 is 0 Å². The van der Waals surface area contributed by atoms with E-state index in [2.05, 4.69) is 32.9 Å². The minimum Gasteiger partial charge on any atom is -0.463 e. The van der Waals surface area contributed by atoms with Crippen LogP contribution in [0.4, 0.5) is 0 Å². The summed E-state index contributed by atoms with van der Waals surface area (Å²) < 4.78 is 10.8. The molecule has 1 heterocycles. The molecule has 0 amide bonds. The summed E-state index contributed by atoms with van der Waals surface area (Å²) in [5.74, 6) is 0.0832. The molecule has 5 nitrogen and oxygen atoms in total. The van der Waals surface area contributed by atoms with E-state index in [-0.39, 0.29) is 29.3 Å². The maximum absolute atomic E-state index is 12.7. The highest BCUT2D eigenvalue weighted by molar-refractivity contribution is 5.74. The molecule has 1 saturated heterocycles. The minimum absolute atomic E-state index is 0.0881. The average Bonchev–Trinajstić information content (AvgIpc) is 2.98. The van der Waals surface area contributed by atoms with Gasteiger partial charge in [-0.25, -0.2) is 0 Å². The molecule has 0 aromatic carbocycles. The Morgan fingerprint density at radius 1 is 1.38 bits per heavy atom. The molecule has 24 heavy (non-hydrogen) atoms. The van der Waals surface area contributed by atoms with Gasteiger partial charge in [0, 0.05) is 6.61 Å². The Kier molecular flexibility index (Phi) is 4.80. The molecule has 6 atom stereocenters. The zero-order valence-electron chi connectivity index (χ0n) is 14.9. The number of aliphatic hydroxyl groups is 2. The maximum atomic E-state index is 12.7. The van der Waals surface area contributed by atoms with Crippen LogP contribution in [0.25, 0.3) is 0 Å². The molecule has 5 heteroatoms. The molecule has 0 aromatic rings. The summed E-state index contributed by atoms with van der Waals surface area (Å²) in [7, 11) is 0. The van der Waals surface area contributed by atoms with Gasteiger partial charge in [0.2, 0.25) is 0 Å². The van der Waals surface area contributed by atoms with Crippen LogP contribution in [0, 0.1) is 22.7 Å². The van der Waals surface area contributed by atoms with Crippen molar-refractivity contribution in [3.05, 3.63) is 12.2 Å². The van der Waals surface area contributed by atoms with E-state index in [4.69, 9.17) is 9.47 Å². The van der Waals surface area contributed by atoms with Crippen molar-refractivity contribution >= 4 is 5.97 Å². The molecule has 6 unspecified atom stereocenters. The molecule has 2 bridgehead atoms. The molecule has 4 aliphatic rings. The average molecular weight is 338 g/mol. The molecular weight excluding hydrogens is 308 g/mol. The predicted octanol–water partition coefficient (Wildman–Crippen LogP) is 2.06. The summed E-state index contributed by atoms with van der Waals surface area (Å²) in [4.78, 5) is 12.7. The monoisotopic (exact) mass is 338 g/mol. The number of ether oxygens (including phenoxy) is 2. The third kappa shape index (κ3) is 3.02. The van der Waals surface area contributed by atoms with Gasteiger partial charge in [-0.2, -0.15) is 0 Å². The van der Waals surface area contributed by atoms with E-state index in [1.54, 1.807) is 0 Å². The van der Waals surface area contributed by atoms with Crippen LogP contribution in [-0.4, -0.2) is 47.7 Å². The van der Waals surface area contributed by atoms with Crippen LogP contribution in [0.5, 0.6) is 0 Å². The van der Waals surface area contributed by atoms with Crippen LogP contribution in [0.2, 0.25) is 0 Å². The normalized spacial score (nSPS) is 42.5. The summed E-state index contributed by atoms with van der Waals surface area (Å²) in [6, 6.07) is 0. The number of hydrogen-bond donors (Lipinski definition) is 2. The fourth-order valence-corrected chi connectivity index (χ4v) is 4.50. The predicted molar refractivity (Wildman–Crippen MR) is 89.2 cm³/mol. The Bertz CT molecular complexity index is 516. The van der Waals surface area contributed by atoms with Gasteiger partial charge in [-0.15, -0.1) is 0 Å². The topological polar surface area (TPSA) is 76.0 Å². The molecular formula is C19H30O5. The molecule has 3 aliphatic carbocycles. The summed E-state index contributed by atoms with van der Waals surface area (Å²) in [6.07, 6.45) is 5.63. The van der Waals surface area contributed by atoms with Crippen LogP contribution in [0.15, 0.2) is 12.2 Å². The van der Waals surface area contributed by atoms with E-state index in [1.807, 2.05) is 0 Å². The van der Waals surface area contributed by atoms with E-state index in [0.717, 1.165) is 19.3 Å². The number of hydrogen-bond acceptors (Lipinski definition) is 5. The first-order chi connectivity index (χ1) is 11.3. The largest absolute Gasteiger partial charge is 0.463 e. The van der Waals surface area contributed by atoms with Crippen molar-refractivity contribution in [1.82, 2.24) is 0 Å². The molecule has 1 aliphatic heterocycles. The standard InChI is InChI=1S/C19H30O5/c1-12(2)19-7-5-18(3,6-8-19)13(10-19)17(22)24-11-15(21)16-14(20)4-9-23-16/h5,7,12-16,20-21H,4,6,8-11H2,1-3H3. The number of carbonyl (C=O) groups is 1. The number of allylic oxidation sites excluding steroid dienone is 2. The van der Waals surface area contributed by atoms with E-state index in [1.165, 1.54) is 0 Å². The van der Waals surface area contributed by atoms with Crippen molar-refractivity contribution in [3.8, 4) is 0 Å². The molecule has 0 radical (unpaired) electrons. The fourth-order valence-electron chi connectivity index (χ4n) is 4.50. The molecule has 0 spiro atoms. The first-order valence-corrected chi connectivity index (χ1v) is 9.12. The highest BCUT2D eigenvalue weighted by Crippen LogP contribution is 2.58. The second-order valence-electron chi connectivity index (χ2n) is 8.37. The number of fused-ring (bicyclic) bond motifs is 2. The van der Waals surface area contributed by atoms with Gasteiger partial charge in [0.1, 0.15) is 18.8 Å². The summed E-state index contributed by atoms with van der Waals surface area (Å²) in [5.41, 5.74) is -0.0626. The summed E-state index contributed by atoms with van der Waals surface area (Å²) >= 11 is 0. The maximum Gasteiger partial charge on any atom is 0.309 e. The second kappa shape index (κ2) is 6.43.